The monoisotopic (exact) mass is 366 g/mol. The number of carbonyl (C=O) groups is 2. The molecule has 0 saturated carbocycles. The average molecular weight is 366 g/mol. The summed E-state index contributed by atoms with van der Waals surface area (Å²) < 4.78 is 5.41. The van der Waals surface area contributed by atoms with Crippen LogP contribution in [-0.4, -0.2) is 55.3 Å². The molecule has 0 spiro atoms. The quantitative estimate of drug-likeness (QED) is 0.764. The summed E-state index contributed by atoms with van der Waals surface area (Å²) in [6, 6.07) is 15.4. The summed E-state index contributed by atoms with van der Waals surface area (Å²) >= 11 is 0. The number of likely N-dealkylation sites (N-methyl/N-ethyl adjacent to an activating group) is 1. The van der Waals surface area contributed by atoms with E-state index in [1.165, 1.54) is 6.92 Å². The minimum absolute atomic E-state index is 0.0203. The molecular weight excluding hydrogens is 340 g/mol. The first kappa shape index (κ1) is 19.1. The highest BCUT2D eigenvalue weighted by atomic mass is 16.5. The first-order valence-corrected chi connectivity index (χ1v) is 9.20. The number of piperazine rings is 1. The molecule has 1 amide bonds. The lowest BCUT2D eigenvalue weighted by molar-refractivity contribution is -0.135. The normalized spacial score (nSPS) is 17.6. The summed E-state index contributed by atoms with van der Waals surface area (Å²) in [5, 5.41) is 0. The fourth-order valence-electron chi connectivity index (χ4n) is 3.58. The number of hydrogen-bond donors (Lipinski definition) is 0. The van der Waals surface area contributed by atoms with Gasteiger partial charge in [0.1, 0.15) is 5.75 Å². The van der Waals surface area contributed by atoms with Crippen molar-refractivity contribution in [3.63, 3.8) is 0 Å². The lowest BCUT2D eigenvalue weighted by Gasteiger charge is -2.40. The molecule has 0 N–H and O–H groups in total. The Morgan fingerprint density at radius 3 is 2.52 bits per heavy atom. The number of carbonyl (C=O) groups excluding carboxylic acids is 2. The molecule has 2 aromatic rings. The lowest BCUT2D eigenvalue weighted by Crippen LogP contribution is -2.49. The van der Waals surface area contributed by atoms with Gasteiger partial charge in [-0.1, -0.05) is 30.3 Å². The van der Waals surface area contributed by atoms with Gasteiger partial charge in [0, 0.05) is 30.8 Å². The zero-order valence-electron chi connectivity index (χ0n) is 16.1. The van der Waals surface area contributed by atoms with E-state index in [1.807, 2.05) is 23.1 Å². The Morgan fingerprint density at radius 1 is 1.11 bits per heavy atom. The van der Waals surface area contributed by atoms with Crippen molar-refractivity contribution in [1.29, 1.82) is 0 Å². The average Bonchev–Trinajstić information content (AvgIpc) is 2.68. The van der Waals surface area contributed by atoms with Gasteiger partial charge in [-0.3, -0.25) is 9.59 Å². The second-order valence-electron chi connectivity index (χ2n) is 7.04. The maximum atomic E-state index is 13.2. The van der Waals surface area contributed by atoms with Crippen molar-refractivity contribution in [3.8, 4) is 5.75 Å². The van der Waals surface area contributed by atoms with Crippen molar-refractivity contribution in [2.75, 3.05) is 33.8 Å². The highest BCUT2D eigenvalue weighted by Gasteiger charge is 2.30. The Bertz CT molecular complexity index is 820. The zero-order valence-corrected chi connectivity index (χ0v) is 16.1. The minimum atomic E-state index is -0.0203. The maximum absolute atomic E-state index is 13.2. The Morgan fingerprint density at radius 2 is 1.85 bits per heavy atom. The number of ether oxygens (including phenoxy) is 1. The van der Waals surface area contributed by atoms with Crippen LogP contribution in [0.1, 0.15) is 34.5 Å². The predicted molar refractivity (Wildman–Crippen MR) is 105 cm³/mol. The smallest absolute Gasteiger partial charge is 0.227 e. The Kier molecular flexibility index (Phi) is 5.91. The van der Waals surface area contributed by atoms with Gasteiger partial charge in [-0.05, 0) is 37.7 Å². The minimum Gasteiger partial charge on any atom is -0.496 e. The van der Waals surface area contributed by atoms with Gasteiger partial charge < -0.3 is 14.5 Å². The third kappa shape index (κ3) is 4.37. The largest absolute Gasteiger partial charge is 0.496 e. The van der Waals surface area contributed by atoms with Gasteiger partial charge in [0.15, 0.2) is 5.78 Å². The fourth-order valence-corrected chi connectivity index (χ4v) is 3.58. The highest BCUT2D eigenvalue weighted by molar-refractivity contribution is 5.94. The molecule has 0 aliphatic carbocycles. The van der Waals surface area contributed by atoms with E-state index in [4.69, 9.17) is 4.74 Å². The fraction of sp³-hybridized carbons (Fsp3) is 0.364. The van der Waals surface area contributed by atoms with Crippen molar-refractivity contribution in [2.45, 2.75) is 19.4 Å². The van der Waals surface area contributed by atoms with Crippen molar-refractivity contribution in [2.24, 2.45) is 0 Å². The van der Waals surface area contributed by atoms with Crippen LogP contribution in [0.3, 0.4) is 0 Å². The van der Waals surface area contributed by atoms with E-state index in [2.05, 4.69) is 24.1 Å². The Hall–Kier alpha value is -2.66. The van der Waals surface area contributed by atoms with Crippen LogP contribution in [0.25, 0.3) is 0 Å². The first-order valence-electron chi connectivity index (χ1n) is 9.20. The second-order valence-corrected chi connectivity index (χ2v) is 7.04. The van der Waals surface area contributed by atoms with Gasteiger partial charge in [-0.15, -0.1) is 0 Å². The molecule has 0 bridgehead atoms. The Balaban J connectivity index is 1.86. The van der Waals surface area contributed by atoms with E-state index in [-0.39, 0.29) is 24.2 Å². The van der Waals surface area contributed by atoms with Crippen LogP contribution >= 0.6 is 0 Å². The van der Waals surface area contributed by atoms with E-state index >= 15 is 0 Å². The van der Waals surface area contributed by atoms with Crippen molar-refractivity contribution in [3.05, 3.63) is 65.2 Å². The number of Topliss-reactive ketones (excluding diaryl/α,β-unsaturated/α-hetero) is 1. The molecule has 1 saturated heterocycles. The number of methoxy groups -OCH3 is 1. The van der Waals surface area contributed by atoms with E-state index in [1.54, 1.807) is 25.3 Å². The van der Waals surface area contributed by atoms with Crippen LogP contribution in [0.4, 0.5) is 0 Å². The summed E-state index contributed by atoms with van der Waals surface area (Å²) in [7, 11) is 3.66. The van der Waals surface area contributed by atoms with Gasteiger partial charge >= 0.3 is 0 Å². The molecule has 1 fully saturated rings. The molecule has 2 aromatic carbocycles. The SMILES string of the molecule is COc1ccc(C(C)=O)cc1CC(=O)N1CCN(C)CC1c1ccccc1. The molecule has 0 radical (unpaired) electrons. The number of amides is 1. The molecule has 1 aliphatic heterocycles. The number of benzene rings is 2. The maximum Gasteiger partial charge on any atom is 0.227 e. The van der Waals surface area contributed by atoms with Gasteiger partial charge in [0.25, 0.3) is 0 Å². The standard InChI is InChI=1S/C22H26N2O3/c1-16(25)18-9-10-21(27-3)19(13-18)14-22(26)24-12-11-23(2)15-20(24)17-7-5-4-6-8-17/h4-10,13,20H,11-12,14-15H2,1-3H3. The third-order valence-corrected chi connectivity index (χ3v) is 5.12. The van der Waals surface area contributed by atoms with Crippen molar-refractivity contribution < 1.29 is 14.3 Å². The van der Waals surface area contributed by atoms with E-state index in [9.17, 15) is 9.59 Å². The zero-order chi connectivity index (χ0) is 19.4. The molecule has 5 heteroatoms. The van der Waals surface area contributed by atoms with Crippen LogP contribution in [0, 0.1) is 0 Å². The molecule has 27 heavy (non-hydrogen) atoms. The molecule has 0 aromatic heterocycles. The van der Waals surface area contributed by atoms with E-state index < -0.39 is 0 Å². The van der Waals surface area contributed by atoms with Gasteiger partial charge in [0.2, 0.25) is 5.91 Å². The third-order valence-electron chi connectivity index (χ3n) is 5.12. The molecule has 142 valence electrons. The van der Waals surface area contributed by atoms with Crippen LogP contribution in [0.2, 0.25) is 0 Å². The number of ketones is 1. The molecule has 1 atom stereocenters. The topological polar surface area (TPSA) is 49.9 Å². The number of rotatable bonds is 5. The Labute approximate surface area is 160 Å². The predicted octanol–water partition coefficient (Wildman–Crippen LogP) is 2.96. The van der Waals surface area contributed by atoms with Gasteiger partial charge in [-0.25, -0.2) is 0 Å². The summed E-state index contributed by atoms with van der Waals surface area (Å²) in [5.41, 5.74) is 2.49. The summed E-state index contributed by atoms with van der Waals surface area (Å²) in [4.78, 5) is 29.1. The molecule has 3 rings (SSSR count). The first-order chi connectivity index (χ1) is 13.0. The van der Waals surface area contributed by atoms with Crippen LogP contribution in [-0.2, 0) is 11.2 Å². The molecule has 5 nitrogen and oxygen atoms in total. The van der Waals surface area contributed by atoms with Crippen LogP contribution in [0.15, 0.2) is 48.5 Å². The second kappa shape index (κ2) is 8.35. The molecule has 1 unspecified atom stereocenters. The molecule has 1 heterocycles. The van der Waals surface area contributed by atoms with Gasteiger partial charge in [0.05, 0.1) is 19.6 Å². The number of nitrogens with zero attached hydrogens (tertiary/aromatic N) is 2. The van der Waals surface area contributed by atoms with Gasteiger partial charge in [-0.2, -0.15) is 0 Å². The molecule has 1 aliphatic rings. The highest BCUT2D eigenvalue weighted by Crippen LogP contribution is 2.27. The van der Waals surface area contributed by atoms with E-state index in [0.29, 0.717) is 17.9 Å². The summed E-state index contributed by atoms with van der Waals surface area (Å²) in [6.07, 6.45) is 0.220. The number of hydrogen-bond acceptors (Lipinski definition) is 4. The van der Waals surface area contributed by atoms with Crippen LogP contribution < -0.4 is 4.74 Å². The lowest BCUT2D eigenvalue weighted by atomic mass is 10.00. The van der Waals surface area contributed by atoms with Crippen molar-refractivity contribution in [1.82, 2.24) is 9.80 Å². The van der Waals surface area contributed by atoms with Crippen molar-refractivity contribution >= 4 is 11.7 Å². The van der Waals surface area contributed by atoms with E-state index in [0.717, 1.165) is 24.2 Å². The van der Waals surface area contributed by atoms with Crippen LogP contribution in [0.5, 0.6) is 5.75 Å². The summed E-state index contributed by atoms with van der Waals surface area (Å²) in [6.45, 7) is 3.86. The molecular formula is C22H26N2O3. The summed E-state index contributed by atoms with van der Waals surface area (Å²) in [5.74, 6) is 0.669.